The van der Waals surface area contributed by atoms with Crippen molar-refractivity contribution in [3.8, 4) is 11.4 Å². The molecule has 0 radical (unpaired) electrons. The molecule has 1 heterocycles. The van der Waals surface area contributed by atoms with Gasteiger partial charge >= 0.3 is 6.18 Å². The smallest absolute Gasteiger partial charge is 0.416 e. The molecular weight excluding hydrogens is 491 g/mol. The van der Waals surface area contributed by atoms with Gasteiger partial charge in [-0.3, -0.25) is 4.79 Å². The van der Waals surface area contributed by atoms with Gasteiger partial charge in [-0.15, -0.1) is 15.0 Å². The average Bonchev–Trinajstić information content (AvgIpc) is 3.16. The number of carboxylic acids is 1. The molecule has 0 fully saturated rings. The van der Waals surface area contributed by atoms with Crippen molar-refractivity contribution in [3.05, 3.63) is 82.3 Å². The van der Waals surface area contributed by atoms with Gasteiger partial charge in [-0.1, -0.05) is 40.2 Å². The van der Waals surface area contributed by atoms with Crippen LogP contribution in [0, 0.1) is 0 Å². The van der Waals surface area contributed by atoms with Crippen molar-refractivity contribution in [2.45, 2.75) is 19.7 Å². The molecule has 32 heavy (non-hydrogen) atoms. The van der Waals surface area contributed by atoms with E-state index in [1.54, 1.807) is 24.3 Å². The third-order valence-corrected chi connectivity index (χ3v) is 4.56. The molecule has 1 aromatic heterocycles. The Kier molecular flexibility index (Phi) is 7.14. The zero-order valence-corrected chi connectivity index (χ0v) is 18.3. The Hall–Kier alpha value is -3.40. The highest BCUT2D eigenvalue weighted by Crippen LogP contribution is 2.31. The zero-order chi connectivity index (χ0) is 23.3. The lowest BCUT2D eigenvalue weighted by Gasteiger charge is -2.12. The van der Waals surface area contributed by atoms with E-state index >= 15 is 0 Å². The van der Waals surface area contributed by atoms with Crippen LogP contribution in [0.1, 0.15) is 18.1 Å². The minimum absolute atomic E-state index is 0.0145. The van der Waals surface area contributed by atoms with Crippen LogP contribution in [0.5, 0.6) is 5.75 Å². The SMILES string of the molecule is CC(=O)O.FC(F)(F)c1cccc(COc2ccc(Br)cc2-n2nc3ccccc3n2)c1. The number of nitrogens with zero attached hydrogens (tertiary/aromatic N) is 3. The first kappa shape index (κ1) is 23.3. The van der Waals surface area contributed by atoms with Crippen molar-refractivity contribution in [1.29, 1.82) is 0 Å². The Morgan fingerprint density at radius 1 is 1.03 bits per heavy atom. The average molecular weight is 508 g/mol. The quantitative estimate of drug-likeness (QED) is 0.373. The standard InChI is InChI=1S/C20H13BrF3N3O.C2H4O2/c21-15-8-9-19(28-12-13-4-3-5-14(10-13)20(22,23)24)18(11-15)27-25-16-6-1-2-7-17(16)26-27;1-2(3)4/h1-11H,12H2;1H3,(H,3,4). The molecule has 0 aliphatic carbocycles. The first-order valence-electron chi connectivity index (χ1n) is 9.24. The monoisotopic (exact) mass is 507 g/mol. The van der Waals surface area contributed by atoms with Crippen LogP contribution in [0.3, 0.4) is 0 Å². The van der Waals surface area contributed by atoms with Crippen molar-refractivity contribution >= 4 is 32.9 Å². The van der Waals surface area contributed by atoms with E-state index in [9.17, 15) is 13.2 Å². The Morgan fingerprint density at radius 2 is 1.66 bits per heavy atom. The number of hydrogen-bond donors (Lipinski definition) is 1. The van der Waals surface area contributed by atoms with Gasteiger partial charge in [0.2, 0.25) is 0 Å². The number of hydrogen-bond acceptors (Lipinski definition) is 4. The fourth-order valence-electron chi connectivity index (χ4n) is 2.73. The summed E-state index contributed by atoms with van der Waals surface area (Å²) in [5.41, 5.74) is 1.75. The predicted molar refractivity (Wildman–Crippen MR) is 116 cm³/mol. The van der Waals surface area contributed by atoms with Gasteiger partial charge in [0.1, 0.15) is 29.1 Å². The van der Waals surface area contributed by atoms with Crippen LogP contribution in [-0.2, 0) is 17.6 Å². The van der Waals surface area contributed by atoms with E-state index in [1.807, 2.05) is 24.3 Å². The molecule has 0 saturated carbocycles. The summed E-state index contributed by atoms with van der Waals surface area (Å²) in [5.74, 6) is -0.374. The molecule has 0 spiro atoms. The topological polar surface area (TPSA) is 77.2 Å². The number of benzene rings is 3. The van der Waals surface area contributed by atoms with Crippen LogP contribution >= 0.6 is 15.9 Å². The normalized spacial score (nSPS) is 11.0. The van der Waals surface area contributed by atoms with Crippen molar-refractivity contribution in [3.63, 3.8) is 0 Å². The molecule has 0 aliphatic rings. The summed E-state index contributed by atoms with van der Waals surface area (Å²) in [6, 6.07) is 17.8. The summed E-state index contributed by atoms with van der Waals surface area (Å²) < 4.78 is 45.3. The minimum atomic E-state index is -4.39. The first-order chi connectivity index (χ1) is 15.1. The van der Waals surface area contributed by atoms with E-state index < -0.39 is 17.7 Å². The van der Waals surface area contributed by atoms with Crippen molar-refractivity contribution in [1.82, 2.24) is 15.0 Å². The highest BCUT2D eigenvalue weighted by molar-refractivity contribution is 9.10. The third-order valence-electron chi connectivity index (χ3n) is 4.07. The van der Waals surface area contributed by atoms with Crippen molar-refractivity contribution in [2.24, 2.45) is 0 Å². The Labute approximate surface area is 189 Å². The second kappa shape index (κ2) is 9.82. The van der Waals surface area contributed by atoms with E-state index in [1.165, 1.54) is 10.9 Å². The van der Waals surface area contributed by atoms with Crippen LogP contribution in [0.15, 0.2) is 71.2 Å². The molecule has 4 rings (SSSR count). The fourth-order valence-corrected chi connectivity index (χ4v) is 3.08. The molecule has 0 amide bonds. The highest BCUT2D eigenvalue weighted by Gasteiger charge is 2.30. The number of fused-ring (bicyclic) bond motifs is 1. The lowest BCUT2D eigenvalue weighted by molar-refractivity contribution is -0.137. The maximum Gasteiger partial charge on any atom is 0.416 e. The molecule has 166 valence electrons. The molecule has 0 aliphatic heterocycles. The summed E-state index contributed by atoms with van der Waals surface area (Å²) in [4.78, 5) is 10.5. The molecule has 0 atom stereocenters. The number of aromatic nitrogens is 3. The van der Waals surface area contributed by atoms with Gasteiger partial charge in [0.15, 0.2) is 0 Å². The molecule has 0 bridgehead atoms. The van der Waals surface area contributed by atoms with Gasteiger partial charge in [-0.25, -0.2) is 0 Å². The Morgan fingerprint density at radius 3 is 2.25 bits per heavy atom. The van der Waals surface area contributed by atoms with E-state index in [0.717, 1.165) is 34.6 Å². The summed E-state index contributed by atoms with van der Waals surface area (Å²) in [6.45, 7) is 1.07. The number of aliphatic carboxylic acids is 1. The highest BCUT2D eigenvalue weighted by atomic mass is 79.9. The van der Waals surface area contributed by atoms with Crippen LogP contribution in [0.25, 0.3) is 16.7 Å². The second-order valence-electron chi connectivity index (χ2n) is 6.60. The second-order valence-corrected chi connectivity index (χ2v) is 7.51. The molecule has 10 heteroatoms. The van der Waals surface area contributed by atoms with Gasteiger partial charge in [0.05, 0.1) is 5.56 Å². The van der Waals surface area contributed by atoms with Gasteiger partial charge in [0, 0.05) is 11.4 Å². The lowest BCUT2D eigenvalue weighted by Crippen LogP contribution is -2.07. The molecule has 4 aromatic rings. The predicted octanol–water partition coefficient (Wildman–Crippen LogP) is 5.87. The summed E-state index contributed by atoms with van der Waals surface area (Å²) in [5, 5.41) is 16.3. The zero-order valence-electron chi connectivity index (χ0n) is 16.7. The van der Waals surface area contributed by atoms with Crippen molar-refractivity contribution < 1.29 is 27.8 Å². The molecule has 6 nitrogen and oxygen atoms in total. The summed E-state index contributed by atoms with van der Waals surface area (Å²) in [6.07, 6.45) is -4.39. The lowest BCUT2D eigenvalue weighted by atomic mass is 10.1. The minimum Gasteiger partial charge on any atom is -0.487 e. The largest absolute Gasteiger partial charge is 0.487 e. The Balaban J connectivity index is 0.000000668. The number of carboxylic acid groups (broad SMARTS) is 1. The Bertz CT molecular complexity index is 1200. The molecule has 3 aromatic carbocycles. The molecular formula is C22H17BrF3N3O3. The first-order valence-corrected chi connectivity index (χ1v) is 10.0. The third kappa shape index (κ3) is 6.07. The van der Waals surface area contributed by atoms with Crippen molar-refractivity contribution in [2.75, 3.05) is 0 Å². The maximum absolute atomic E-state index is 12.9. The number of alkyl halides is 3. The number of rotatable bonds is 4. The molecule has 0 saturated heterocycles. The summed E-state index contributed by atoms with van der Waals surface area (Å²) in [7, 11) is 0. The van der Waals surface area contributed by atoms with Gasteiger partial charge in [-0.05, 0) is 48.0 Å². The van der Waals surface area contributed by atoms with Crippen LogP contribution in [0.4, 0.5) is 13.2 Å². The maximum atomic E-state index is 12.9. The number of halogens is 4. The van der Waals surface area contributed by atoms with E-state index in [0.29, 0.717) is 17.0 Å². The van der Waals surface area contributed by atoms with E-state index in [-0.39, 0.29) is 6.61 Å². The van der Waals surface area contributed by atoms with Crippen LogP contribution in [-0.4, -0.2) is 26.1 Å². The van der Waals surface area contributed by atoms with Crippen LogP contribution < -0.4 is 4.74 Å². The summed E-state index contributed by atoms with van der Waals surface area (Å²) >= 11 is 3.42. The molecule has 0 unspecified atom stereocenters. The van der Waals surface area contributed by atoms with E-state index in [2.05, 4.69) is 26.1 Å². The van der Waals surface area contributed by atoms with Crippen LogP contribution in [0.2, 0.25) is 0 Å². The fraction of sp³-hybridized carbons (Fsp3) is 0.136. The van der Waals surface area contributed by atoms with Gasteiger partial charge in [0.25, 0.3) is 5.97 Å². The molecule has 1 N–H and O–H groups in total. The number of carbonyl (C=O) groups is 1. The van der Waals surface area contributed by atoms with E-state index in [4.69, 9.17) is 14.6 Å². The number of ether oxygens (including phenoxy) is 1. The van der Waals surface area contributed by atoms with Gasteiger partial charge < -0.3 is 9.84 Å². The van der Waals surface area contributed by atoms with Gasteiger partial charge in [-0.2, -0.15) is 13.2 Å².